The van der Waals surface area contributed by atoms with Gasteiger partial charge in [0.05, 0.1) is 5.75 Å². The van der Waals surface area contributed by atoms with Crippen LogP contribution in [0.5, 0.6) is 0 Å². The molecule has 0 aromatic heterocycles. The third-order valence-corrected chi connectivity index (χ3v) is 3.25. The molecule has 1 rings (SSSR count). The van der Waals surface area contributed by atoms with Crippen molar-refractivity contribution in [3.63, 3.8) is 0 Å². The molecule has 3 nitrogen and oxygen atoms in total. The zero-order chi connectivity index (χ0) is 10.6. The Morgan fingerprint density at radius 1 is 1.29 bits per heavy atom. The molecule has 78 valence electrons. The second kappa shape index (κ2) is 4.52. The second-order valence-corrected chi connectivity index (χ2v) is 4.95. The average molecular weight is 217 g/mol. The third-order valence-electron chi connectivity index (χ3n) is 1.88. The maximum atomic E-state index is 12.5. The number of aryl methyl sites for hydroxylation is 1. The van der Waals surface area contributed by atoms with E-state index in [0.717, 1.165) is 5.56 Å². The lowest BCUT2D eigenvalue weighted by Crippen LogP contribution is -2.23. The van der Waals surface area contributed by atoms with Gasteiger partial charge in [0.25, 0.3) is 0 Å². The van der Waals surface area contributed by atoms with Crippen LogP contribution < -0.4 is 4.72 Å². The van der Waals surface area contributed by atoms with Gasteiger partial charge in [-0.2, -0.15) is 0 Å². The van der Waals surface area contributed by atoms with Gasteiger partial charge in [0.15, 0.2) is 0 Å². The minimum atomic E-state index is -3.17. The number of halogens is 1. The van der Waals surface area contributed by atoms with Crippen LogP contribution >= 0.6 is 0 Å². The molecule has 0 amide bonds. The van der Waals surface area contributed by atoms with Crippen LogP contribution in [0.3, 0.4) is 0 Å². The number of hydrogen-bond acceptors (Lipinski definition) is 2. The summed E-state index contributed by atoms with van der Waals surface area (Å²) in [5.74, 6) is -0.292. The molecule has 1 aromatic rings. The minimum Gasteiger partial charge on any atom is -0.218 e. The standard InChI is InChI=1S/C9H12FNO2S/c1-11-14(12,13)7-6-8-2-4-9(10)5-3-8/h2-5,11H,6-7H2,1H3. The van der Waals surface area contributed by atoms with Crippen LogP contribution in [-0.2, 0) is 16.4 Å². The highest BCUT2D eigenvalue weighted by molar-refractivity contribution is 7.89. The first-order valence-electron chi connectivity index (χ1n) is 4.19. The monoisotopic (exact) mass is 217 g/mol. The summed E-state index contributed by atoms with van der Waals surface area (Å²) < 4.78 is 36.8. The number of hydrogen-bond donors (Lipinski definition) is 1. The molecular weight excluding hydrogens is 205 g/mol. The Morgan fingerprint density at radius 2 is 1.86 bits per heavy atom. The van der Waals surface area contributed by atoms with Gasteiger partial charge in [0, 0.05) is 0 Å². The Labute approximate surface area is 83.0 Å². The van der Waals surface area contributed by atoms with Crippen LogP contribution in [0.25, 0.3) is 0 Å². The number of benzene rings is 1. The van der Waals surface area contributed by atoms with E-state index in [-0.39, 0.29) is 11.6 Å². The van der Waals surface area contributed by atoms with E-state index in [9.17, 15) is 12.8 Å². The van der Waals surface area contributed by atoms with Gasteiger partial charge in [0.2, 0.25) is 10.0 Å². The number of sulfonamides is 1. The quantitative estimate of drug-likeness (QED) is 0.815. The predicted molar refractivity (Wildman–Crippen MR) is 53.0 cm³/mol. The lowest BCUT2D eigenvalue weighted by atomic mass is 10.2. The first-order valence-corrected chi connectivity index (χ1v) is 5.84. The van der Waals surface area contributed by atoms with E-state index in [1.165, 1.54) is 19.2 Å². The average Bonchev–Trinajstić information content (AvgIpc) is 2.17. The van der Waals surface area contributed by atoms with Crippen molar-refractivity contribution in [1.29, 1.82) is 0 Å². The molecular formula is C9H12FNO2S. The SMILES string of the molecule is CNS(=O)(=O)CCc1ccc(F)cc1. The zero-order valence-electron chi connectivity index (χ0n) is 7.83. The van der Waals surface area contributed by atoms with Gasteiger partial charge in [0.1, 0.15) is 5.82 Å². The van der Waals surface area contributed by atoms with Crippen LogP contribution in [0.4, 0.5) is 4.39 Å². The fraction of sp³-hybridized carbons (Fsp3) is 0.333. The van der Waals surface area contributed by atoms with Crippen molar-refractivity contribution < 1.29 is 12.8 Å². The Morgan fingerprint density at radius 3 is 2.36 bits per heavy atom. The van der Waals surface area contributed by atoms with E-state index in [1.807, 2.05) is 0 Å². The highest BCUT2D eigenvalue weighted by Gasteiger charge is 2.06. The zero-order valence-corrected chi connectivity index (χ0v) is 8.64. The summed E-state index contributed by atoms with van der Waals surface area (Å²) in [4.78, 5) is 0. The molecule has 0 unspecified atom stereocenters. The maximum Gasteiger partial charge on any atom is 0.211 e. The van der Waals surface area contributed by atoms with Crippen molar-refractivity contribution in [2.75, 3.05) is 12.8 Å². The molecule has 14 heavy (non-hydrogen) atoms. The Balaban J connectivity index is 2.59. The normalized spacial score (nSPS) is 11.6. The molecule has 0 aliphatic heterocycles. The van der Waals surface area contributed by atoms with E-state index in [1.54, 1.807) is 12.1 Å². The lowest BCUT2D eigenvalue weighted by molar-refractivity contribution is 0.587. The first-order chi connectivity index (χ1) is 6.53. The maximum absolute atomic E-state index is 12.5. The molecule has 0 aliphatic carbocycles. The smallest absolute Gasteiger partial charge is 0.211 e. The lowest BCUT2D eigenvalue weighted by Gasteiger charge is -2.02. The fourth-order valence-electron chi connectivity index (χ4n) is 1.01. The Kier molecular flexibility index (Phi) is 3.60. The molecule has 0 fully saturated rings. The number of nitrogens with one attached hydrogen (secondary N) is 1. The molecule has 0 bridgehead atoms. The van der Waals surface area contributed by atoms with Gasteiger partial charge < -0.3 is 0 Å². The predicted octanol–water partition coefficient (Wildman–Crippen LogP) is 0.917. The minimum absolute atomic E-state index is 0.0229. The van der Waals surface area contributed by atoms with Crippen LogP contribution in [0.2, 0.25) is 0 Å². The van der Waals surface area contributed by atoms with Crippen LogP contribution in [-0.4, -0.2) is 21.2 Å². The summed E-state index contributed by atoms with van der Waals surface area (Å²) in [5.41, 5.74) is 0.810. The van der Waals surface area contributed by atoms with Gasteiger partial charge in [-0.15, -0.1) is 0 Å². The molecule has 5 heteroatoms. The topological polar surface area (TPSA) is 46.2 Å². The molecule has 0 heterocycles. The van der Waals surface area contributed by atoms with Crippen molar-refractivity contribution in [3.05, 3.63) is 35.6 Å². The highest BCUT2D eigenvalue weighted by Crippen LogP contribution is 2.04. The van der Waals surface area contributed by atoms with Gasteiger partial charge in [-0.25, -0.2) is 17.5 Å². The number of rotatable bonds is 4. The van der Waals surface area contributed by atoms with E-state index in [2.05, 4.69) is 4.72 Å². The van der Waals surface area contributed by atoms with E-state index in [0.29, 0.717) is 6.42 Å². The fourth-order valence-corrected chi connectivity index (χ4v) is 1.71. The Hall–Kier alpha value is -0.940. The van der Waals surface area contributed by atoms with E-state index < -0.39 is 10.0 Å². The summed E-state index contributed by atoms with van der Waals surface area (Å²) in [6.07, 6.45) is 0.392. The van der Waals surface area contributed by atoms with Gasteiger partial charge >= 0.3 is 0 Å². The molecule has 1 aromatic carbocycles. The summed E-state index contributed by atoms with van der Waals surface area (Å²) >= 11 is 0. The molecule has 0 radical (unpaired) electrons. The summed E-state index contributed by atoms with van der Waals surface area (Å²) in [5, 5.41) is 0. The molecule has 0 atom stereocenters. The highest BCUT2D eigenvalue weighted by atomic mass is 32.2. The molecule has 0 saturated carbocycles. The second-order valence-electron chi connectivity index (χ2n) is 2.90. The van der Waals surface area contributed by atoms with Gasteiger partial charge in [-0.3, -0.25) is 0 Å². The van der Waals surface area contributed by atoms with Crippen LogP contribution in [0.15, 0.2) is 24.3 Å². The van der Waals surface area contributed by atoms with Crippen molar-refractivity contribution in [2.24, 2.45) is 0 Å². The largest absolute Gasteiger partial charge is 0.218 e. The van der Waals surface area contributed by atoms with Crippen molar-refractivity contribution >= 4 is 10.0 Å². The molecule has 0 saturated heterocycles. The summed E-state index contributed by atoms with van der Waals surface area (Å²) in [7, 11) is -1.80. The van der Waals surface area contributed by atoms with Crippen LogP contribution in [0.1, 0.15) is 5.56 Å². The van der Waals surface area contributed by atoms with Crippen molar-refractivity contribution in [3.8, 4) is 0 Å². The molecule has 0 spiro atoms. The first kappa shape index (κ1) is 11.1. The van der Waals surface area contributed by atoms with Gasteiger partial charge in [-0.05, 0) is 31.2 Å². The molecule has 1 N–H and O–H groups in total. The third kappa shape index (κ3) is 3.43. The summed E-state index contributed by atoms with van der Waals surface area (Å²) in [6, 6.07) is 5.81. The van der Waals surface area contributed by atoms with Crippen molar-refractivity contribution in [2.45, 2.75) is 6.42 Å². The van der Waals surface area contributed by atoms with Crippen LogP contribution in [0, 0.1) is 5.82 Å². The molecule has 0 aliphatic rings. The van der Waals surface area contributed by atoms with Gasteiger partial charge in [-0.1, -0.05) is 12.1 Å². The van der Waals surface area contributed by atoms with E-state index in [4.69, 9.17) is 0 Å². The van der Waals surface area contributed by atoms with Crippen molar-refractivity contribution in [1.82, 2.24) is 4.72 Å². The Bertz CT molecular complexity index is 386. The summed E-state index contributed by atoms with van der Waals surface area (Å²) in [6.45, 7) is 0. The van der Waals surface area contributed by atoms with E-state index >= 15 is 0 Å².